The number of nitrogens with zero attached hydrogens (tertiary/aromatic N) is 2. The number of pyridine rings is 1. The molecule has 1 amide bonds. The Labute approximate surface area is 158 Å². The number of carbonyl (C=O) groups is 1. The van der Waals surface area contributed by atoms with Gasteiger partial charge >= 0.3 is 0 Å². The third kappa shape index (κ3) is 4.43. The van der Waals surface area contributed by atoms with Gasteiger partial charge in [0.1, 0.15) is 17.5 Å². The molecule has 1 aromatic carbocycles. The highest BCUT2D eigenvalue weighted by atomic mass is 19.1. The number of hydrogen-bond acceptors (Lipinski definition) is 3. The highest BCUT2D eigenvalue weighted by molar-refractivity contribution is 5.91. The Morgan fingerprint density at radius 2 is 1.93 bits per heavy atom. The standard InChI is InChI=1S/C21H25F2N3O/c1-13-10-18-17(24-20(13)25-19(27)11-21(2,3)4)8-9-26(18)12-14-15(22)6-5-7-16(14)23/h5-7,10H,8-9,11-12H2,1-4H3,(H,24,25,27). The lowest BCUT2D eigenvalue weighted by atomic mass is 9.92. The van der Waals surface area contributed by atoms with Crippen LogP contribution in [-0.2, 0) is 17.8 Å². The fourth-order valence-corrected chi connectivity index (χ4v) is 3.28. The van der Waals surface area contributed by atoms with E-state index >= 15 is 0 Å². The molecule has 144 valence electrons. The van der Waals surface area contributed by atoms with Crippen molar-refractivity contribution in [2.24, 2.45) is 5.41 Å². The summed E-state index contributed by atoms with van der Waals surface area (Å²) in [6.45, 7) is 8.69. The molecule has 0 saturated heterocycles. The van der Waals surface area contributed by atoms with E-state index in [-0.39, 0.29) is 23.4 Å². The number of anilines is 2. The predicted molar refractivity (Wildman–Crippen MR) is 103 cm³/mol. The Morgan fingerprint density at radius 1 is 1.26 bits per heavy atom. The summed E-state index contributed by atoms with van der Waals surface area (Å²) in [5.41, 5.74) is 2.49. The molecule has 0 atom stereocenters. The lowest BCUT2D eigenvalue weighted by Crippen LogP contribution is -2.22. The lowest BCUT2D eigenvalue weighted by molar-refractivity contribution is -0.117. The molecule has 0 saturated carbocycles. The number of amides is 1. The van der Waals surface area contributed by atoms with Gasteiger partial charge in [-0.05, 0) is 36.1 Å². The molecule has 2 aromatic rings. The molecule has 0 unspecified atom stereocenters. The number of aryl methyl sites for hydroxylation is 1. The fraction of sp³-hybridized carbons (Fsp3) is 0.429. The van der Waals surface area contributed by atoms with E-state index in [0.717, 1.165) is 16.9 Å². The summed E-state index contributed by atoms with van der Waals surface area (Å²) in [4.78, 5) is 18.7. The second kappa shape index (κ2) is 7.25. The minimum Gasteiger partial charge on any atom is -0.365 e. The monoisotopic (exact) mass is 373 g/mol. The van der Waals surface area contributed by atoms with Gasteiger partial charge in [-0.3, -0.25) is 4.79 Å². The number of carbonyl (C=O) groups excluding carboxylic acids is 1. The Morgan fingerprint density at radius 3 is 2.56 bits per heavy atom. The minimum absolute atomic E-state index is 0.0607. The maximum absolute atomic E-state index is 14.0. The lowest BCUT2D eigenvalue weighted by Gasteiger charge is -2.21. The SMILES string of the molecule is Cc1cc2c(nc1NC(=O)CC(C)(C)C)CCN2Cc1c(F)cccc1F. The number of fused-ring (bicyclic) bond motifs is 1. The van der Waals surface area contributed by atoms with Crippen LogP contribution >= 0.6 is 0 Å². The molecule has 0 fully saturated rings. The molecule has 1 N–H and O–H groups in total. The van der Waals surface area contributed by atoms with Crippen molar-refractivity contribution in [3.63, 3.8) is 0 Å². The molecule has 0 bridgehead atoms. The third-order valence-electron chi connectivity index (χ3n) is 4.59. The fourth-order valence-electron chi connectivity index (χ4n) is 3.28. The summed E-state index contributed by atoms with van der Waals surface area (Å²) < 4.78 is 27.9. The maximum Gasteiger partial charge on any atom is 0.226 e. The van der Waals surface area contributed by atoms with Crippen LogP contribution in [0.3, 0.4) is 0 Å². The zero-order valence-electron chi connectivity index (χ0n) is 16.2. The molecule has 3 rings (SSSR count). The van der Waals surface area contributed by atoms with Crippen LogP contribution in [0.2, 0.25) is 0 Å². The molecule has 0 aliphatic carbocycles. The van der Waals surface area contributed by atoms with E-state index in [0.29, 0.717) is 25.2 Å². The summed E-state index contributed by atoms with van der Waals surface area (Å²) in [6.07, 6.45) is 1.08. The van der Waals surface area contributed by atoms with Crippen molar-refractivity contribution in [3.05, 3.63) is 52.7 Å². The molecule has 1 aliphatic heterocycles. The van der Waals surface area contributed by atoms with Crippen molar-refractivity contribution in [1.82, 2.24) is 4.98 Å². The van der Waals surface area contributed by atoms with Crippen LogP contribution in [-0.4, -0.2) is 17.4 Å². The van der Waals surface area contributed by atoms with E-state index in [9.17, 15) is 13.6 Å². The number of halogens is 2. The van der Waals surface area contributed by atoms with Crippen LogP contribution in [0.15, 0.2) is 24.3 Å². The summed E-state index contributed by atoms with van der Waals surface area (Å²) in [5, 5.41) is 2.89. The van der Waals surface area contributed by atoms with Crippen molar-refractivity contribution in [2.45, 2.75) is 47.1 Å². The van der Waals surface area contributed by atoms with Gasteiger partial charge in [-0.2, -0.15) is 0 Å². The number of rotatable bonds is 4. The Bertz CT molecular complexity index is 854. The van der Waals surface area contributed by atoms with Gasteiger partial charge < -0.3 is 10.2 Å². The zero-order valence-corrected chi connectivity index (χ0v) is 16.2. The normalized spacial score (nSPS) is 13.6. The van der Waals surface area contributed by atoms with Gasteiger partial charge in [-0.25, -0.2) is 13.8 Å². The van der Waals surface area contributed by atoms with Crippen molar-refractivity contribution < 1.29 is 13.6 Å². The van der Waals surface area contributed by atoms with Crippen LogP contribution in [0.25, 0.3) is 0 Å². The Balaban J connectivity index is 1.80. The van der Waals surface area contributed by atoms with Crippen molar-refractivity contribution in [2.75, 3.05) is 16.8 Å². The van der Waals surface area contributed by atoms with Gasteiger partial charge in [-0.1, -0.05) is 26.8 Å². The van der Waals surface area contributed by atoms with Gasteiger partial charge in [0.25, 0.3) is 0 Å². The summed E-state index contributed by atoms with van der Waals surface area (Å²) in [6, 6.07) is 5.84. The summed E-state index contributed by atoms with van der Waals surface area (Å²) >= 11 is 0. The molecular weight excluding hydrogens is 348 g/mol. The second-order valence-electron chi connectivity index (χ2n) is 8.28. The molecule has 2 heterocycles. The van der Waals surface area contributed by atoms with Crippen LogP contribution in [0, 0.1) is 24.0 Å². The average molecular weight is 373 g/mol. The van der Waals surface area contributed by atoms with E-state index in [1.807, 2.05) is 38.7 Å². The van der Waals surface area contributed by atoms with Crippen LogP contribution < -0.4 is 10.2 Å². The predicted octanol–water partition coefficient (Wildman–Crippen LogP) is 4.61. The van der Waals surface area contributed by atoms with Crippen molar-refractivity contribution >= 4 is 17.4 Å². The van der Waals surface area contributed by atoms with Crippen molar-refractivity contribution in [3.8, 4) is 0 Å². The zero-order chi connectivity index (χ0) is 19.8. The average Bonchev–Trinajstić information content (AvgIpc) is 2.91. The highest BCUT2D eigenvalue weighted by Crippen LogP contribution is 2.32. The molecule has 4 nitrogen and oxygen atoms in total. The van der Waals surface area contributed by atoms with Crippen LogP contribution in [0.1, 0.15) is 44.0 Å². The molecule has 27 heavy (non-hydrogen) atoms. The van der Waals surface area contributed by atoms with Gasteiger partial charge in [0.15, 0.2) is 0 Å². The minimum atomic E-state index is -0.542. The van der Waals surface area contributed by atoms with E-state index in [2.05, 4.69) is 10.3 Å². The van der Waals surface area contributed by atoms with Gasteiger partial charge in [0.05, 0.1) is 11.4 Å². The molecule has 6 heteroatoms. The smallest absolute Gasteiger partial charge is 0.226 e. The Kier molecular flexibility index (Phi) is 5.18. The number of aromatic nitrogens is 1. The molecule has 1 aliphatic rings. The van der Waals surface area contributed by atoms with Gasteiger partial charge in [0, 0.05) is 31.5 Å². The first-order chi connectivity index (χ1) is 12.6. The topological polar surface area (TPSA) is 45.2 Å². The summed E-state index contributed by atoms with van der Waals surface area (Å²) in [5.74, 6) is -0.596. The number of nitrogens with one attached hydrogen (secondary N) is 1. The number of hydrogen-bond donors (Lipinski definition) is 1. The van der Waals surface area contributed by atoms with E-state index in [4.69, 9.17) is 0 Å². The summed E-state index contributed by atoms with van der Waals surface area (Å²) in [7, 11) is 0. The second-order valence-corrected chi connectivity index (χ2v) is 8.28. The maximum atomic E-state index is 14.0. The van der Waals surface area contributed by atoms with Gasteiger partial charge in [0.2, 0.25) is 5.91 Å². The van der Waals surface area contributed by atoms with E-state index in [1.54, 1.807) is 0 Å². The molecule has 0 spiro atoms. The first-order valence-electron chi connectivity index (χ1n) is 9.12. The van der Waals surface area contributed by atoms with Crippen LogP contribution in [0.5, 0.6) is 0 Å². The van der Waals surface area contributed by atoms with E-state index in [1.165, 1.54) is 18.2 Å². The van der Waals surface area contributed by atoms with Crippen molar-refractivity contribution in [1.29, 1.82) is 0 Å². The molecular formula is C21H25F2N3O. The first kappa shape index (κ1) is 19.3. The molecule has 0 radical (unpaired) electrons. The van der Waals surface area contributed by atoms with Crippen LogP contribution in [0.4, 0.5) is 20.3 Å². The largest absolute Gasteiger partial charge is 0.365 e. The van der Waals surface area contributed by atoms with Gasteiger partial charge in [-0.15, -0.1) is 0 Å². The third-order valence-corrected chi connectivity index (χ3v) is 4.59. The Hall–Kier alpha value is -2.50. The number of benzene rings is 1. The first-order valence-corrected chi connectivity index (χ1v) is 9.12. The quantitative estimate of drug-likeness (QED) is 0.852. The highest BCUT2D eigenvalue weighted by Gasteiger charge is 2.25. The van der Waals surface area contributed by atoms with E-state index < -0.39 is 11.6 Å². The molecule has 1 aromatic heterocycles.